The van der Waals surface area contributed by atoms with E-state index in [1.807, 2.05) is 0 Å². The summed E-state index contributed by atoms with van der Waals surface area (Å²) in [6.07, 6.45) is 0.896. The number of aryl methyl sites for hydroxylation is 1. The van der Waals surface area contributed by atoms with E-state index in [0.29, 0.717) is 18.4 Å². The summed E-state index contributed by atoms with van der Waals surface area (Å²) in [6, 6.07) is 2.55. The predicted molar refractivity (Wildman–Crippen MR) is 48.5 cm³/mol. The molecule has 1 rings (SSSR count). The molecule has 1 aromatic carbocycles. The van der Waals surface area contributed by atoms with Crippen LogP contribution in [0.3, 0.4) is 0 Å². The monoisotopic (exact) mass is 204 g/mol. The Bertz CT molecular complexity index is 302. The largest absolute Gasteiger partial charge is 0.505 e. The van der Waals surface area contributed by atoms with Gasteiger partial charge >= 0.3 is 0 Å². The number of hydrogen-bond acceptors (Lipinski definition) is 2. The van der Waals surface area contributed by atoms with E-state index in [1.54, 1.807) is 0 Å². The van der Waals surface area contributed by atoms with Gasteiger partial charge in [-0.25, -0.2) is 4.39 Å². The molecule has 0 fully saturated rings. The predicted octanol–water partition coefficient (Wildman–Crippen LogP) is 2.11. The number of aromatic hydroxyl groups is 1. The van der Waals surface area contributed by atoms with Gasteiger partial charge in [0.2, 0.25) is 0 Å². The van der Waals surface area contributed by atoms with Crippen LogP contribution in [0, 0.1) is 5.82 Å². The van der Waals surface area contributed by atoms with E-state index >= 15 is 0 Å². The zero-order valence-corrected chi connectivity index (χ0v) is 7.68. The highest BCUT2D eigenvalue weighted by atomic mass is 35.5. The maximum absolute atomic E-state index is 12.9. The van der Waals surface area contributed by atoms with Gasteiger partial charge in [0.25, 0.3) is 0 Å². The Morgan fingerprint density at radius 2 is 2.08 bits per heavy atom. The van der Waals surface area contributed by atoms with Crippen molar-refractivity contribution in [1.29, 1.82) is 0 Å². The first-order valence-electron chi connectivity index (χ1n) is 3.93. The second kappa shape index (κ2) is 4.44. The fourth-order valence-electron chi connectivity index (χ4n) is 1.08. The quantitative estimate of drug-likeness (QED) is 0.792. The maximum Gasteiger partial charge on any atom is 0.166 e. The van der Waals surface area contributed by atoms with Crippen molar-refractivity contribution in [3.63, 3.8) is 0 Å². The lowest BCUT2D eigenvalue weighted by atomic mass is 10.1. The Balaban J connectivity index is 2.92. The van der Waals surface area contributed by atoms with Crippen molar-refractivity contribution in [2.45, 2.75) is 12.8 Å². The molecule has 0 heterocycles. The molecule has 13 heavy (non-hydrogen) atoms. The average Bonchev–Trinajstić information content (AvgIpc) is 2.09. The molecule has 0 saturated heterocycles. The first-order chi connectivity index (χ1) is 6.15. The lowest BCUT2D eigenvalue weighted by Crippen LogP contribution is -1.92. The van der Waals surface area contributed by atoms with Crippen LogP contribution in [0.1, 0.15) is 12.0 Å². The molecular weight excluding hydrogens is 195 g/mol. The summed E-state index contributed by atoms with van der Waals surface area (Å²) in [4.78, 5) is 0. The molecule has 72 valence electrons. The van der Waals surface area contributed by atoms with Gasteiger partial charge in [0.05, 0.1) is 0 Å². The van der Waals surface area contributed by atoms with E-state index in [9.17, 15) is 9.50 Å². The van der Waals surface area contributed by atoms with Gasteiger partial charge in [0.15, 0.2) is 11.6 Å². The van der Waals surface area contributed by atoms with E-state index in [2.05, 4.69) is 0 Å². The number of phenols is 1. The van der Waals surface area contributed by atoms with Crippen LogP contribution in [-0.2, 0) is 6.42 Å². The van der Waals surface area contributed by atoms with E-state index in [1.165, 1.54) is 6.07 Å². The van der Waals surface area contributed by atoms with Gasteiger partial charge in [-0.3, -0.25) is 0 Å². The van der Waals surface area contributed by atoms with Crippen LogP contribution in [0.2, 0.25) is 5.02 Å². The molecule has 0 aliphatic rings. The first-order valence-corrected chi connectivity index (χ1v) is 4.30. The molecule has 0 saturated carbocycles. The van der Waals surface area contributed by atoms with Crippen LogP contribution in [0.25, 0.3) is 0 Å². The van der Waals surface area contributed by atoms with Crippen molar-refractivity contribution in [3.05, 3.63) is 28.5 Å². The van der Waals surface area contributed by atoms with Crippen molar-refractivity contribution in [3.8, 4) is 5.75 Å². The SMILES string of the molecule is OCCCc1cc(Cl)cc(F)c1O. The van der Waals surface area contributed by atoms with Crippen LogP contribution >= 0.6 is 11.6 Å². The minimum Gasteiger partial charge on any atom is -0.505 e. The first kappa shape index (κ1) is 10.3. The lowest BCUT2D eigenvalue weighted by Gasteiger charge is -2.04. The van der Waals surface area contributed by atoms with E-state index < -0.39 is 5.82 Å². The molecule has 0 aliphatic carbocycles. The van der Waals surface area contributed by atoms with E-state index in [0.717, 1.165) is 6.07 Å². The minimum absolute atomic E-state index is 0.00751. The Morgan fingerprint density at radius 3 is 2.69 bits per heavy atom. The van der Waals surface area contributed by atoms with Crippen LogP contribution in [0.5, 0.6) is 5.75 Å². The normalized spacial score (nSPS) is 10.4. The Hall–Kier alpha value is -0.800. The third-order valence-electron chi connectivity index (χ3n) is 1.71. The van der Waals surface area contributed by atoms with Gasteiger partial charge in [0, 0.05) is 11.6 Å². The molecule has 0 bridgehead atoms. The Morgan fingerprint density at radius 1 is 1.38 bits per heavy atom. The molecule has 0 atom stereocenters. The molecule has 0 radical (unpaired) electrons. The molecule has 4 heteroatoms. The number of aliphatic hydroxyl groups is 1. The molecule has 2 N–H and O–H groups in total. The fraction of sp³-hybridized carbons (Fsp3) is 0.333. The number of phenolic OH excluding ortho intramolecular Hbond substituents is 1. The topological polar surface area (TPSA) is 40.5 Å². The summed E-state index contributed by atoms with van der Waals surface area (Å²) < 4.78 is 12.9. The maximum atomic E-state index is 12.9. The highest BCUT2D eigenvalue weighted by Crippen LogP contribution is 2.26. The van der Waals surface area contributed by atoms with Crippen molar-refractivity contribution < 1.29 is 14.6 Å². The summed E-state index contributed by atoms with van der Waals surface area (Å²) in [5.74, 6) is -1.10. The third kappa shape index (κ3) is 2.57. The average molecular weight is 205 g/mol. The summed E-state index contributed by atoms with van der Waals surface area (Å²) in [5.41, 5.74) is 0.430. The summed E-state index contributed by atoms with van der Waals surface area (Å²) in [5, 5.41) is 18.0. The lowest BCUT2D eigenvalue weighted by molar-refractivity contribution is 0.287. The highest BCUT2D eigenvalue weighted by molar-refractivity contribution is 6.30. The number of rotatable bonds is 3. The van der Waals surface area contributed by atoms with Crippen molar-refractivity contribution >= 4 is 11.6 Å². The Kier molecular flexibility index (Phi) is 3.51. The van der Waals surface area contributed by atoms with E-state index in [4.69, 9.17) is 16.7 Å². The summed E-state index contributed by atoms with van der Waals surface area (Å²) in [6.45, 7) is 0.00751. The molecule has 0 unspecified atom stereocenters. The van der Waals surface area contributed by atoms with Gasteiger partial charge in [-0.05, 0) is 30.5 Å². The molecule has 1 aromatic rings. The number of hydrogen-bond donors (Lipinski definition) is 2. The van der Waals surface area contributed by atoms with Crippen LogP contribution in [0.4, 0.5) is 4.39 Å². The van der Waals surface area contributed by atoms with Gasteiger partial charge < -0.3 is 10.2 Å². The van der Waals surface area contributed by atoms with Gasteiger partial charge in [-0.1, -0.05) is 11.6 Å². The second-order valence-electron chi connectivity index (χ2n) is 2.72. The molecule has 0 spiro atoms. The molecule has 2 nitrogen and oxygen atoms in total. The van der Waals surface area contributed by atoms with Crippen molar-refractivity contribution in [2.24, 2.45) is 0 Å². The summed E-state index contributed by atoms with van der Waals surface area (Å²) >= 11 is 5.59. The second-order valence-corrected chi connectivity index (χ2v) is 3.16. The molecule has 0 aromatic heterocycles. The molecular formula is C9H10ClFO2. The van der Waals surface area contributed by atoms with Crippen LogP contribution in [-0.4, -0.2) is 16.8 Å². The number of benzene rings is 1. The fourth-order valence-corrected chi connectivity index (χ4v) is 1.31. The zero-order chi connectivity index (χ0) is 9.84. The van der Waals surface area contributed by atoms with Gasteiger partial charge in [0.1, 0.15) is 0 Å². The smallest absolute Gasteiger partial charge is 0.166 e. The van der Waals surface area contributed by atoms with Crippen molar-refractivity contribution in [1.82, 2.24) is 0 Å². The van der Waals surface area contributed by atoms with Gasteiger partial charge in [-0.15, -0.1) is 0 Å². The Labute approximate surface area is 80.6 Å². The summed E-state index contributed by atoms with van der Waals surface area (Å²) in [7, 11) is 0. The van der Waals surface area contributed by atoms with Crippen LogP contribution in [0.15, 0.2) is 12.1 Å². The van der Waals surface area contributed by atoms with Crippen LogP contribution < -0.4 is 0 Å². The van der Waals surface area contributed by atoms with Gasteiger partial charge in [-0.2, -0.15) is 0 Å². The number of halogens is 2. The molecule has 0 aliphatic heterocycles. The third-order valence-corrected chi connectivity index (χ3v) is 1.93. The highest BCUT2D eigenvalue weighted by Gasteiger charge is 2.08. The van der Waals surface area contributed by atoms with E-state index in [-0.39, 0.29) is 17.4 Å². The van der Waals surface area contributed by atoms with Crippen molar-refractivity contribution in [2.75, 3.05) is 6.61 Å². The minimum atomic E-state index is -0.722. The zero-order valence-electron chi connectivity index (χ0n) is 6.93. The standard InChI is InChI=1S/C9H10ClFO2/c10-7-4-6(2-1-3-12)9(13)8(11)5-7/h4-5,12-13H,1-3H2. The molecule has 0 amide bonds. The number of aliphatic hydroxyl groups excluding tert-OH is 1.